The van der Waals surface area contributed by atoms with Crippen LogP contribution in [0.1, 0.15) is 12.8 Å². The molecule has 0 saturated carbocycles. The zero-order valence-corrected chi connectivity index (χ0v) is 9.50. The van der Waals surface area contributed by atoms with Crippen molar-refractivity contribution >= 4 is 17.6 Å². The van der Waals surface area contributed by atoms with Crippen LogP contribution in [0.5, 0.6) is 5.75 Å². The van der Waals surface area contributed by atoms with Crippen molar-refractivity contribution < 1.29 is 24.5 Å². The Bertz CT molecular complexity index is 456. The summed E-state index contributed by atoms with van der Waals surface area (Å²) in [6.07, 6.45) is -0.912. The number of hydrogen-bond acceptors (Lipinski definition) is 4. The van der Waals surface area contributed by atoms with Gasteiger partial charge >= 0.3 is 5.97 Å². The number of phenols is 1. The number of aliphatic carboxylic acids is 1. The molecule has 1 aromatic rings. The van der Waals surface area contributed by atoms with Gasteiger partial charge in [0.25, 0.3) is 5.91 Å². The number of rotatable bonds is 3. The van der Waals surface area contributed by atoms with Crippen LogP contribution in [0, 0.1) is 0 Å². The first-order valence-corrected chi connectivity index (χ1v) is 5.54. The monoisotopic (exact) mass is 251 g/mol. The molecular formula is C12H13NO5. The van der Waals surface area contributed by atoms with Crippen LogP contribution in [-0.2, 0) is 14.3 Å². The van der Waals surface area contributed by atoms with Gasteiger partial charge in [-0.25, -0.2) is 4.79 Å². The Morgan fingerprint density at radius 3 is 2.33 bits per heavy atom. The molecule has 0 aromatic heterocycles. The first-order chi connectivity index (χ1) is 8.56. The van der Waals surface area contributed by atoms with Crippen LogP contribution in [0.15, 0.2) is 24.3 Å². The van der Waals surface area contributed by atoms with Crippen molar-refractivity contribution in [3.05, 3.63) is 24.3 Å². The van der Waals surface area contributed by atoms with Crippen LogP contribution >= 0.6 is 0 Å². The molecule has 0 unspecified atom stereocenters. The van der Waals surface area contributed by atoms with Crippen LogP contribution in [-0.4, -0.2) is 34.3 Å². The number of carboxylic acid groups (broad SMARTS) is 1. The van der Waals surface area contributed by atoms with Gasteiger partial charge in [-0.2, -0.15) is 0 Å². The SMILES string of the molecule is O=C(Nc1ccc(O)cc1)[C@@H]1CC[C@H](C(=O)O)O1. The molecule has 0 spiro atoms. The molecule has 18 heavy (non-hydrogen) atoms. The van der Waals surface area contributed by atoms with E-state index in [0.29, 0.717) is 18.5 Å². The molecule has 1 fully saturated rings. The molecule has 2 rings (SSSR count). The van der Waals surface area contributed by atoms with Gasteiger partial charge < -0.3 is 20.3 Å². The molecule has 0 radical (unpaired) electrons. The smallest absolute Gasteiger partial charge is 0.332 e. The van der Waals surface area contributed by atoms with E-state index in [1.165, 1.54) is 12.1 Å². The zero-order chi connectivity index (χ0) is 13.1. The lowest BCUT2D eigenvalue weighted by molar-refractivity contribution is -0.150. The molecule has 96 valence electrons. The first kappa shape index (κ1) is 12.4. The summed E-state index contributed by atoms with van der Waals surface area (Å²) in [4.78, 5) is 22.5. The van der Waals surface area contributed by atoms with Crippen molar-refractivity contribution in [3.8, 4) is 5.75 Å². The number of ether oxygens (including phenoxy) is 1. The molecule has 6 heteroatoms. The third-order valence-corrected chi connectivity index (χ3v) is 2.72. The fourth-order valence-electron chi connectivity index (χ4n) is 1.78. The van der Waals surface area contributed by atoms with Gasteiger partial charge in [0, 0.05) is 5.69 Å². The Morgan fingerprint density at radius 1 is 1.17 bits per heavy atom. The van der Waals surface area contributed by atoms with E-state index in [4.69, 9.17) is 14.9 Å². The summed E-state index contributed by atoms with van der Waals surface area (Å²) in [6, 6.07) is 6.00. The number of anilines is 1. The number of carbonyl (C=O) groups excluding carboxylic acids is 1. The third-order valence-electron chi connectivity index (χ3n) is 2.72. The van der Waals surface area contributed by atoms with Gasteiger partial charge in [-0.1, -0.05) is 0 Å². The summed E-state index contributed by atoms with van der Waals surface area (Å²) < 4.78 is 5.12. The number of aromatic hydroxyl groups is 1. The van der Waals surface area contributed by atoms with E-state index >= 15 is 0 Å². The van der Waals surface area contributed by atoms with E-state index in [1.807, 2.05) is 0 Å². The number of benzene rings is 1. The van der Waals surface area contributed by atoms with Gasteiger partial charge in [0.2, 0.25) is 0 Å². The van der Waals surface area contributed by atoms with Gasteiger partial charge in [0.05, 0.1) is 0 Å². The van der Waals surface area contributed by atoms with Crippen LogP contribution < -0.4 is 5.32 Å². The van der Waals surface area contributed by atoms with E-state index in [0.717, 1.165) is 0 Å². The van der Waals surface area contributed by atoms with Crippen LogP contribution in [0.4, 0.5) is 5.69 Å². The minimum Gasteiger partial charge on any atom is -0.508 e. The van der Waals surface area contributed by atoms with Crippen LogP contribution in [0.2, 0.25) is 0 Å². The van der Waals surface area contributed by atoms with E-state index in [-0.39, 0.29) is 11.7 Å². The Kier molecular flexibility index (Phi) is 3.47. The fourth-order valence-corrected chi connectivity index (χ4v) is 1.78. The van der Waals surface area contributed by atoms with Crippen molar-refractivity contribution in [1.82, 2.24) is 0 Å². The number of nitrogens with one attached hydrogen (secondary N) is 1. The molecule has 1 aliphatic heterocycles. The summed E-state index contributed by atoms with van der Waals surface area (Å²) in [7, 11) is 0. The second kappa shape index (κ2) is 5.05. The van der Waals surface area contributed by atoms with Crippen molar-refractivity contribution in [2.45, 2.75) is 25.0 Å². The molecule has 2 atom stereocenters. The topological polar surface area (TPSA) is 95.9 Å². The quantitative estimate of drug-likeness (QED) is 0.695. The summed E-state index contributed by atoms with van der Waals surface area (Å²) in [6.45, 7) is 0. The highest BCUT2D eigenvalue weighted by atomic mass is 16.5. The van der Waals surface area contributed by atoms with Crippen LogP contribution in [0.25, 0.3) is 0 Å². The van der Waals surface area contributed by atoms with Crippen molar-refractivity contribution in [2.75, 3.05) is 5.32 Å². The molecule has 1 heterocycles. The second-order valence-corrected chi connectivity index (χ2v) is 4.07. The van der Waals surface area contributed by atoms with Gasteiger partial charge in [-0.05, 0) is 37.1 Å². The summed E-state index contributed by atoms with van der Waals surface area (Å²) in [5.74, 6) is -1.31. The Labute approximate surface area is 103 Å². The minimum absolute atomic E-state index is 0.107. The van der Waals surface area contributed by atoms with E-state index in [9.17, 15) is 9.59 Å². The summed E-state index contributed by atoms with van der Waals surface area (Å²) in [5, 5.41) is 20.4. The lowest BCUT2D eigenvalue weighted by atomic mass is 10.2. The standard InChI is InChI=1S/C12H13NO5/c14-8-3-1-7(2-4-8)13-11(15)9-5-6-10(18-9)12(16)17/h1-4,9-10,14H,5-6H2,(H,13,15)(H,16,17)/t9-,10+/m0/s1. The highest BCUT2D eigenvalue weighted by Gasteiger charge is 2.34. The lowest BCUT2D eigenvalue weighted by Gasteiger charge is -2.11. The van der Waals surface area contributed by atoms with Crippen molar-refractivity contribution in [1.29, 1.82) is 0 Å². The van der Waals surface area contributed by atoms with E-state index in [1.54, 1.807) is 12.1 Å². The largest absolute Gasteiger partial charge is 0.508 e. The van der Waals surface area contributed by atoms with Gasteiger partial charge in [-0.3, -0.25) is 4.79 Å². The Hall–Kier alpha value is -2.08. The maximum atomic E-state index is 11.8. The number of phenolic OH excluding ortho intramolecular Hbond substituents is 1. The molecule has 3 N–H and O–H groups in total. The summed E-state index contributed by atoms with van der Waals surface area (Å²) in [5.41, 5.74) is 0.528. The number of amides is 1. The molecule has 6 nitrogen and oxygen atoms in total. The predicted molar refractivity (Wildman–Crippen MR) is 62.3 cm³/mol. The van der Waals surface area contributed by atoms with Crippen LogP contribution in [0.3, 0.4) is 0 Å². The lowest BCUT2D eigenvalue weighted by Crippen LogP contribution is -2.29. The number of carboxylic acids is 1. The highest BCUT2D eigenvalue weighted by molar-refractivity contribution is 5.94. The Morgan fingerprint density at radius 2 is 1.78 bits per heavy atom. The fraction of sp³-hybridized carbons (Fsp3) is 0.333. The second-order valence-electron chi connectivity index (χ2n) is 4.07. The summed E-state index contributed by atoms with van der Waals surface area (Å²) >= 11 is 0. The number of carbonyl (C=O) groups is 2. The maximum absolute atomic E-state index is 11.8. The van der Waals surface area contributed by atoms with E-state index < -0.39 is 18.2 Å². The van der Waals surface area contributed by atoms with Crippen molar-refractivity contribution in [2.24, 2.45) is 0 Å². The normalized spacial score (nSPS) is 22.7. The molecule has 1 aliphatic rings. The molecule has 1 saturated heterocycles. The average Bonchev–Trinajstić information content (AvgIpc) is 2.81. The Balaban J connectivity index is 1.93. The average molecular weight is 251 g/mol. The zero-order valence-electron chi connectivity index (χ0n) is 9.50. The molecule has 1 aromatic carbocycles. The van der Waals surface area contributed by atoms with Crippen molar-refractivity contribution in [3.63, 3.8) is 0 Å². The molecule has 0 bridgehead atoms. The van der Waals surface area contributed by atoms with Gasteiger partial charge in [0.1, 0.15) is 11.9 Å². The third kappa shape index (κ3) is 2.78. The molecule has 1 amide bonds. The van der Waals surface area contributed by atoms with Gasteiger partial charge in [-0.15, -0.1) is 0 Å². The highest BCUT2D eigenvalue weighted by Crippen LogP contribution is 2.22. The minimum atomic E-state index is -1.05. The maximum Gasteiger partial charge on any atom is 0.332 e. The number of hydrogen-bond donors (Lipinski definition) is 3. The predicted octanol–water partition coefficient (Wildman–Crippen LogP) is 0.963. The first-order valence-electron chi connectivity index (χ1n) is 5.54. The molecular weight excluding hydrogens is 238 g/mol. The molecule has 0 aliphatic carbocycles. The van der Waals surface area contributed by atoms with E-state index in [2.05, 4.69) is 5.32 Å². The van der Waals surface area contributed by atoms with Gasteiger partial charge in [0.15, 0.2) is 6.10 Å².